The fourth-order valence-corrected chi connectivity index (χ4v) is 2.79. The van der Waals surface area contributed by atoms with Crippen molar-refractivity contribution < 1.29 is 24.5 Å². The van der Waals surface area contributed by atoms with E-state index in [-0.39, 0.29) is 11.4 Å². The largest absolute Gasteiger partial charge is 0.505 e. The lowest BCUT2D eigenvalue weighted by Gasteiger charge is -2.27. The Morgan fingerprint density at radius 1 is 1.25 bits per heavy atom. The maximum absolute atomic E-state index is 11.7. The summed E-state index contributed by atoms with van der Waals surface area (Å²) in [5, 5.41) is 19.1. The maximum Gasteiger partial charge on any atom is 0.411 e. The fourth-order valence-electron chi connectivity index (χ4n) is 2.79. The van der Waals surface area contributed by atoms with Gasteiger partial charge in [-0.15, -0.1) is 0 Å². The highest BCUT2D eigenvalue weighted by Gasteiger charge is 2.23. The van der Waals surface area contributed by atoms with Crippen LogP contribution in [0.4, 0.5) is 10.5 Å². The van der Waals surface area contributed by atoms with Crippen molar-refractivity contribution in [3.63, 3.8) is 0 Å². The first-order valence-corrected chi connectivity index (χ1v) is 7.43. The molecule has 0 saturated heterocycles. The minimum Gasteiger partial charge on any atom is -0.505 e. The summed E-state index contributed by atoms with van der Waals surface area (Å²) in [6.07, 6.45) is 0.598. The van der Waals surface area contributed by atoms with Crippen molar-refractivity contribution in [1.82, 2.24) is 4.98 Å². The van der Waals surface area contributed by atoms with E-state index in [4.69, 9.17) is 0 Å². The lowest BCUT2D eigenvalue weighted by Crippen LogP contribution is -2.34. The van der Waals surface area contributed by atoms with E-state index in [1.165, 1.54) is 18.1 Å². The van der Waals surface area contributed by atoms with Gasteiger partial charge in [-0.2, -0.15) is 0 Å². The number of fused-ring (bicyclic) bond motifs is 1. The summed E-state index contributed by atoms with van der Waals surface area (Å²) in [4.78, 5) is 28.5. The molecule has 1 aromatic heterocycles. The zero-order valence-corrected chi connectivity index (χ0v) is 13.0. The molecule has 7 heteroatoms. The van der Waals surface area contributed by atoms with E-state index in [1.54, 1.807) is 12.1 Å². The summed E-state index contributed by atoms with van der Waals surface area (Å²) in [7, 11) is 1.21. The highest BCUT2D eigenvalue weighted by molar-refractivity contribution is 5.91. The van der Waals surface area contributed by atoms with Crippen molar-refractivity contribution in [3.05, 3.63) is 41.6 Å². The number of ether oxygens (including phenoxy) is 1. The van der Waals surface area contributed by atoms with Crippen molar-refractivity contribution >= 4 is 17.7 Å². The lowest BCUT2D eigenvalue weighted by atomic mass is 9.98. The lowest BCUT2D eigenvalue weighted by molar-refractivity contribution is 0.0590. The van der Waals surface area contributed by atoms with Crippen LogP contribution in [-0.4, -0.2) is 40.9 Å². The number of hydrogen-bond donors (Lipinski definition) is 2. The number of carboxylic acid groups (broad SMARTS) is 1. The van der Waals surface area contributed by atoms with Crippen molar-refractivity contribution in [2.45, 2.75) is 12.8 Å². The van der Waals surface area contributed by atoms with E-state index in [0.29, 0.717) is 23.5 Å². The molecular formula is C17H16N2O5. The quantitative estimate of drug-likeness (QED) is 0.822. The summed E-state index contributed by atoms with van der Waals surface area (Å²) in [5.74, 6) is -1.00. The summed E-state index contributed by atoms with van der Waals surface area (Å²) in [5.41, 5.74) is 2.52. The Morgan fingerprint density at radius 3 is 2.75 bits per heavy atom. The molecule has 0 radical (unpaired) electrons. The van der Waals surface area contributed by atoms with Crippen molar-refractivity contribution in [3.8, 4) is 17.0 Å². The number of hydrogen-bond acceptors (Lipinski definition) is 5. The molecule has 2 aromatic rings. The summed E-state index contributed by atoms with van der Waals surface area (Å²) >= 11 is 0. The second-order valence-electron chi connectivity index (χ2n) is 5.44. The normalized spacial score (nSPS) is 13.3. The van der Waals surface area contributed by atoms with Crippen LogP contribution in [0.2, 0.25) is 0 Å². The van der Waals surface area contributed by atoms with Gasteiger partial charge in [-0.05, 0) is 36.6 Å². The molecule has 0 bridgehead atoms. The molecule has 1 amide bonds. The number of nitrogens with zero attached hydrogens (tertiary/aromatic N) is 2. The number of esters is 1. The van der Waals surface area contributed by atoms with Crippen LogP contribution in [0, 0.1) is 0 Å². The molecule has 0 unspecified atom stereocenters. The molecule has 7 nitrogen and oxygen atoms in total. The maximum atomic E-state index is 11.7. The van der Waals surface area contributed by atoms with Gasteiger partial charge >= 0.3 is 12.1 Å². The minimum atomic E-state index is -0.998. The molecule has 1 aliphatic rings. The van der Waals surface area contributed by atoms with Crippen molar-refractivity contribution in [1.29, 1.82) is 0 Å². The Kier molecular flexibility index (Phi) is 4.07. The second kappa shape index (κ2) is 6.19. The van der Waals surface area contributed by atoms with E-state index >= 15 is 0 Å². The number of pyridine rings is 1. The molecule has 0 saturated carbocycles. The minimum absolute atomic E-state index is 0.178. The average Bonchev–Trinajstić information content (AvgIpc) is 2.60. The number of anilines is 1. The van der Waals surface area contributed by atoms with Gasteiger partial charge in [0.1, 0.15) is 5.75 Å². The van der Waals surface area contributed by atoms with Crippen LogP contribution in [0.25, 0.3) is 11.3 Å². The predicted octanol–water partition coefficient (Wildman–Crippen LogP) is 2.67. The number of carbonyl (C=O) groups is 2. The van der Waals surface area contributed by atoms with Gasteiger partial charge in [0.2, 0.25) is 0 Å². The average molecular weight is 328 g/mol. The van der Waals surface area contributed by atoms with Gasteiger partial charge in [0.15, 0.2) is 5.69 Å². The summed E-state index contributed by atoms with van der Waals surface area (Å²) < 4.78 is 4.60. The van der Waals surface area contributed by atoms with Gasteiger partial charge in [0.25, 0.3) is 0 Å². The monoisotopic (exact) mass is 328 g/mol. The first kappa shape index (κ1) is 15.8. The number of aryl methyl sites for hydroxylation is 1. The summed E-state index contributed by atoms with van der Waals surface area (Å²) in [6.45, 7) is 0.447. The number of amides is 1. The molecule has 0 atom stereocenters. The molecular weight excluding hydrogens is 312 g/mol. The van der Waals surface area contributed by atoms with Crippen LogP contribution in [-0.2, 0) is 11.2 Å². The zero-order valence-electron chi connectivity index (χ0n) is 13.0. The van der Waals surface area contributed by atoms with Crippen LogP contribution in [0.15, 0.2) is 30.3 Å². The third-order valence-electron chi connectivity index (χ3n) is 3.98. The van der Waals surface area contributed by atoms with Gasteiger partial charge in [0, 0.05) is 12.1 Å². The van der Waals surface area contributed by atoms with Crippen LogP contribution in [0.3, 0.4) is 0 Å². The Morgan fingerprint density at radius 2 is 2.04 bits per heavy atom. The van der Waals surface area contributed by atoms with E-state index in [2.05, 4.69) is 9.72 Å². The van der Waals surface area contributed by atoms with Gasteiger partial charge in [-0.25, -0.2) is 14.6 Å². The predicted molar refractivity (Wildman–Crippen MR) is 86.4 cm³/mol. The third kappa shape index (κ3) is 2.76. The molecule has 2 N–H and O–H groups in total. The van der Waals surface area contributed by atoms with Gasteiger partial charge in [-0.1, -0.05) is 12.1 Å². The van der Waals surface area contributed by atoms with E-state index in [1.807, 2.05) is 12.1 Å². The molecule has 0 spiro atoms. The Hall–Kier alpha value is -3.09. The van der Waals surface area contributed by atoms with Gasteiger partial charge in [-0.3, -0.25) is 4.90 Å². The molecule has 0 aliphatic carbocycles. The van der Waals surface area contributed by atoms with Crippen LogP contribution in [0.5, 0.6) is 5.75 Å². The number of aromatic nitrogens is 1. The highest BCUT2D eigenvalue weighted by atomic mass is 16.5. The van der Waals surface area contributed by atoms with Gasteiger partial charge in [0.05, 0.1) is 18.5 Å². The molecule has 0 fully saturated rings. The Labute approximate surface area is 138 Å². The summed E-state index contributed by atoms with van der Waals surface area (Å²) in [6, 6.07) is 8.36. The van der Waals surface area contributed by atoms with Crippen LogP contribution < -0.4 is 4.90 Å². The number of benzene rings is 1. The third-order valence-corrected chi connectivity index (χ3v) is 3.98. The molecule has 124 valence electrons. The highest BCUT2D eigenvalue weighted by Crippen LogP contribution is 2.32. The van der Waals surface area contributed by atoms with Crippen molar-refractivity contribution in [2.75, 3.05) is 18.6 Å². The Bertz CT molecular complexity index is 819. The van der Waals surface area contributed by atoms with E-state index in [9.17, 15) is 19.8 Å². The Balaban J connectivity index is 2.06. The molecule has 2 heterocycles. The van der Waals surface area contributed by atoms with Crippen molar-refractivity contribution in [2.24, 2.45) is 0 Å². The zero-order chi connectivity index (χ0) is 17.3. The van der Waals surface area contributed by atoms with E-state index in [0.717, 1.165) is 18.4 Å². The second-order valence-corrected chi connectivity index (χ2v) is 5.44. The standard InChI is InChI=1S/C17H16N2O5/c1-24-16(21)15-14(20)7-6-12(18-15)11-5-4-10-3-2-8-19(17(22)23)13(10)9-11/h4-7,9,20H,2-3,8H2,1H3,(H,22,23). The molecule has 24 heavy (non-hydrogen) atoms. The topological polar surface area (TPSA) is 100.0 Å². The molecule has 3 rings (SSSR count). The number of carbonyl (C=O) groups excluding carboxylic acids is 1. The first-order chi connectivity index (χ1) is 11.5. The van der Waals surface area contributed by atoms with E-state index < -0.39 is 12.1 Å². The van der Waals surface area contributed by atoms with Crippen LogP contribution in [0.1, 0.15) is 22.5 Å². The number of aromatic hydroxyl groups is 1. The van der Waals surface area contributed by atoms with Gasteiger partial charge < -0.3 is 14.9 Å². The molecule has 1 aromatic carbocycles. The number of rotatable bonds is 2. The first-order valence-electron chi connectivity index (χ1n) is 7.43. The fraction of sp³-hybridized carbons (Fsp3) is 0.235. The SMILES string of the molecule is COC(=O)c1nc(-c2ccc3c(c2)N(C(=O)O)CCC3)ccc1O. The van der Waals surface area contributed by atoms with Crippen LogP contribution >= 0.6 is 0 Å². The number of methoxy groups -OCH3 is 1. The smallest absolute Gasteiger partial charge is 0.411 e. The molecule has 1 aliphatic heterocycles.